The summed E-state index contributed by atoms with van der Waals surface area (Å²) in [4.78, 5) is 55.7. The summed E-state index contributed by atoms with van der Waals surface area (Å²) in [6.45, 7) is 28.8. The van der Waals surface area contributed by atoms with Crippen LogP contribution in [0.5, 0.6) is 0 Å². The highest BCUT2D eigenvalue weighted by Gasteiger charge is 2.30. The Morgan fingerprint density at radius 2 is 1.02 bits per heavy atom. The van der Waals surface area contributed by atoms with E-state index in [1.54, 1.807) is 45.9 Å². The maximum absolute atomic E-state index is 11.3. The summed E-state index contributed by atoms with van der Waals surface area (Å²) in [6, 6.07) is 0. The van der Waals surface area contributed by atoms with E-state index in [2.05, 4.69) is 0 Å². The Morgan fingerprint density at radius 3 is 1.20 bits per heavy atom. The molecule has 9 nitrogen and oxygen atoms in total. The van der Waals surface area contributed by atoms with E-state index in [9.17, 15) is 36.6 Å². The fraction of sp³-hybridized carbons (Fsp3) is 0.868. The molecule has 0 saturated heterocycles. The predicted molar refractivity (Wildman–Crippen MR) is 213 cm³/mol. The highest BCUT2D eigenvalue weighted by atomic mass is 32.2. The molecule has 0 aromatic carbocycles. The highest BCUT2D eigenvalue weighted by molar-refractivity contribution is 7.99. The minimum Gasteiger partial charge on any atom is -0.384 e. The van der Waals surface area contributed by atoms with Gasteiger partial charge in [0.2, 0.25) is 0 Å². The van der Waals surface area contributed by atoms with Crippen molar-refractivity contribution in [3.63, 3.8) is 0 Å². The summed E-state index contributed by atoms with van der Waals surface area (Å²) in [5.74, 6) is 2.06. The molecule has 1 unspecified atom stereocenters. The number of Topliss-reactive ketones (excluding diaryl/α,β-unsaturated/α-hetero) is 5. The monoisotopic (exact) mass is 770 g/mol. The lowest BCUT2D eigenvalue weighted by atomic mass is 9.88. The normalized spacial score (nSPS) is 14.1. The van der Waals surface area contributed by atoms with Gasteiger partial charge in [0, 0.05) is 70.3 Å². The Hall–Kier alpha value is -1.24. The standard InChI is InChI=1S/C9H16O.C8H16O2.C7H14O3S.C7H14O2S.C7H14OS/c1-9(2,3)8(10)6-7-4-5-7;1-8(2,3)7(9)5-6-10-4;1-7(2,3)6(8)5-11(4,9)10;1-7(2,3)6(8)5-10(4)9;1-7(2,3)6(8)5-9-4/h7H,4-6H2,1-3H3;5-6H2,1-4H3;5H2,1-4H3;5H2,1-4H3;5H2,1-4H3. The molecule has 0 radical (unpaired) electrons. The summed E-state index contributed by atoms with van der Waals surface area (Å²) in [5, 5.41) is 0. The molecule has 0 aromatic rings. The van der Waals surface area contributed by atoms with Crippen LogP contribution in [-0.4, -0.2) is 91.3 Å². The van der Waals surface area contributed by atoms with Gasteiger partial charge in [-0.15, -0.1) is 0 Å². The van der Waals surface area contributed by atoms with Gasteiger partial charge in [-0.2, -0.15) is 11.8 Å². The molecule has 50 heavy (non-hydrogen) atoms. The summed E-state index contributed by atoms with van der Waals surface area (Å²) in [7, 11) is -2.54. The number of thioether (sulfide) groups is 1. The zero-order valence-electron chi connectivity index (χ0n) is 35.1. The summed E-state index contributed by atoms with van der Waals surface area (Å²) in [5.41, 5.74) is -1.36. The van der Waals surface area contributed by atoms with Crippen LogP contribution in [0.3, 0.4) is 0 Å². The van der Waals surface area contributed by atoms with Crippen LogP contribution in [0.1, 0.15) is 130 Å². The van der Waals surface area contributed by atoms with Gasteiger partial charge >= 0.3 is 0 Å². The second-order valence-corrected chi connectivity index (χ2v) is 22.4. The van der Waals surface area contributed by atoms with Gasteiger partial charge in [0.1, 0.15) is 23.1 Å². The average Bonchev–Trinajstić information content (AvgIpc) is 3.69. The van der Waals surface area contributed by atoms with E-state index >= 15 is 0 Å². The van der Waals surface area contributed by atoms with Crippen LogP contribution < -0.4 is 0 Å². The molecule has 1 rings (SSSR count). The van der Waals surface area contributed by atoms with Gasteiger partial charge in [-0.05, 0) is 25.0 Å². The fourth-order valence-electron chi connectivity index (χ4n) is 2.66. The van der Waals surface area contributed by atoms with Crippen LogP contribution in [0.2, 0.25) is 0 Å². The molecule has 1 fully saturated rings. The Bertz CT molecular complexity index is 1180. The van der Waals surface area contributed by atoms with Crippen LogP contribution in [0.15, 0.2) is 0 Å². The Kier molecular flexibility index (Phi) is 26.8. The molecule has 12 heteroatoms. The molecular weight excluding hydrogens is 697 g/mol. The molecule has 0 aliphatic heterocycles. The molecule has 1 aliphatic carbocycles. The van der Waals surface area contributed by atoms with E-state index < -0.39 is 26.1 Å². The van der Waals surface area contributed by atoms with Gasteiger partial charge in [-0.1, -0.05) is 104 Å². The van der Waals surface area contributed by atoms with Crippen LogP contribution in [-0.2, 0) is 49.3 Å². The lowest BCUT2D eigenvalue weighted by Crippen LogP contribution is -2.27. The molecule has 1 saturated carbocycles. The second kappa shape index (κ2) is 24.1. The van der Waals surface area contributed by atoms with Crippen molar-refractivity contribution in [2.24, 2.45) is 33.0 Å². The minimum absolute atomic E-state index is 0.0633. The molecule has 298 valence electrons. The fourth-order valence-corrected chi connectivity index (χ4v) is 5.07. The van der Waals surface area contributed by atoms with Crippen molar-refractivity contribution in [1.29, 1.82) is 0 Å². The van der Waals surface area contributed by atoms with Crippen molar-refractivity contribution in [2.75, 3.05) is 49.7 Å². The van der Waals surface area contributed by atoms with Gasteiger partial charge < -0.3 is 4.74 Å². The van der Waals surface area contributed by atoms with E-state index in [1.807, 2.05) is 89.3 Å². The highest BCUT2D eigenvalue weighted by Crippen LogP contribution is 2.35. The molecule has 0 N–H and O–H groups in total. The van der Waals surface area contributed by atoms with Crippen LogP contribution in [0, 0.1) is 33.0 Å². The quantitative estimate of drug-likeness (QED) is 0.206. The van der Waals surface area contributed by atoms with Crippen molar-refractivity contribution in [3.8, 4) is 0 Å². The number of rotatable bonds is 11. The molecule has 0 heterocycles. The van der Waals surface area contributed by atoms with E-state index in [0.717, 1.165) is 18.6 Å². The Morgan fingerprint density at radius 1 is 0.660 bits per heavy atom. The molecule has 0 aromatic heterocycles. The van der Waals surface area contributed by atoms with Crippen molar-refractivity contribution in [1.82, 2.24) is 0 Å². The molecule has 1 aliphatic rings. The summed E-state index contributed by atoms with van der Waals surface area (Å²) < 4.78 is 36.7. The van der Waals surface area contributed by atoms with Gasteiger partial charge in [-0.3, -0.25) is 28.2 Å². The van der Waals surface area contributed by atoms with Crippen molar-refractivity contribution < 1.29 is 41.3 Å². The first kappa shape index (κ1) is 55.5. The summed E-state index contributed by atoms with van der Waals surface area (Å²) >= 11 is 1.59. The van der Waals surface area contributed by atoms with Gasteiger partial charge in [0.15, 0.2) is 21.4 Å². The number of ether oxygens (including phenoxy) is 1. The number of methoxy groups -OCH3 is 1. The van der Waals surface area contributed by atoms with E-state index in [0.29, 0.717) is 30.3 Å². The van der Waals surface area contributed by atoms with Gasteiger partial charge in [-0.25, -0.2) is 8.42 Å². The summed E-state index contributed by atoms with van der Waals surface area (Å²) in [6.07, 6.45) is 8.47. The number of sulfone groups is 1. The third-order valence-electron chi connectivity index (χ3n) is 6.89. The number of hydrogen-bond acceptors (Lipinski definition) is 10. The number of carbonyl (C=O) groups is 5. The zero-order chi connectivity index (χ0) is 41.1. The Labute approximate surface area is 313 Å². The minimum atomic E-state index is -3.16. The molecular formula is C38H74O9S3. The second-order valence-electron chi connectivity index (χ2n) is 18.0. The molecule has 0 amide bonds. The first-order chi connectivity index (χ1) is 21.9. The van der Waals surface area contributed by atoms with Gasteiger partial charge in [0.05, 0.1) is 18.1 Å². The molecule has 0 spiro atoms. The first-order valence-electron chi connectivity index (χ1n) is 17.1. The van der Waals surface area contributed by atoms with E-state index in [1.165, 1.54) is 12.8 Å². The Balaban J connectivity index is -0.000000265. The molecule has 0 bridgehead atoms. The largest absolute Gasteiger partial charge is 0.384 e. The third kappa shape index (κ3) is 36.5. The number of carbonyl (C=O) groups excluding carboxylic acids is 5. The topological polar surface area (TPSA) is 146 Å². The van der Waals surface area contributed by atoms with Crippen molar-refractivity contribution in [3.05, 3.63) is 0 Å². The van der Waals surface area contributed by atoms with Crippen LogP contribution >= 0.6 is 11.8 Å². The van der Waals surface area contributed by atoms with Crippen molar-refractivity contribution >= 4 is 61.3 Å². The zero-order valence-corrected chi connectivity index (χ0v) is 37.6. The molecule has 1 atom stereocenters. The lowest BCUT2D eigenvalue weighted by Gasteiger charge is -2.15. The average molecular weight is 771 g/mol. The first-order valence-corrected chi connectivity index (χ1v) is 22.2. The predicted octanol–water partition coefficient (Wildman–Crippen LogP) is 7.63. The lowest BCUT2D eigenvalue weighted by molar-refractivity contribution is -0.127. The van der Waals surface area contributed by atoms with E-state index in [-0.39, 0.29) is 50.5 Å². The SMILES string of the molecule is CC(C)(C)C(=O)CC1CC1.CC(C)(C)C(=O)CS(C)(=O)=O.COCCC(=O)C(C)(C)C.CS(=O)CC(=O)C(C)(C)C.CSCC(=O)C(C)(C)C. The maximum Gasteiger partial charge on any atom is 0.154 e. The smallest absolute Gasteiger partial charge is 0.154 e. The number of ketones is 5. The van der Waals surface area contributed by atoms with E-state index in [4.69, 9.17) is 4.74 Å². The van der Waals surface area contributed by atoms with Gasteiger partial charge in [0.25, 0.3) is 0 Å². The van der Waals surface area contributed by atoms with Crippen LogP contribution in [0.25, 0.3) is 0 Å². The van der Waals surface area contributed by atoms with Crippen LogP contribution in [0.4, 0.5) is 0 Å². The maximum atomic E-state index is 11.3. The number of hydrogen-bond donors (Lipinski definition) is 0. The van der Waals surface area contributed by atoms with Crippen molar-refractivity contribution in [2.45, 2.75) is 130 Å². The third-order valence-corrected chi connectivity index (χ3v) is 8.90.